The molecule has 1 aromatic rings. The summed E-state index contributed by atoms with van der Waals surface area (Å²) in [7, 11) is 1.25. The van der Waals surface area contributed by atoms with Gasteiger partial charge in [0.1, 0.15) is 5.54 Å². The molecular weight excluding hydrogens is 291 g/mol. The molecular formula is C12H14Cl2N2O3. The van der Waals surface area contributed by atoms with Gasteiger partial charge in [0.05, 0.1) is 17.8 Å². The summed E-state index contributed by atoms with van der Waals surface area (Å²) in [5, 5.41) is 5.77. The van der Waals surface area contributed by atoms with E-state index in [9.17, 15) is 9.59 Å². The minimum atomic E-state index is -1.14. The molecule has 1 rings (SSSR count). The average Bonchev–Trinajstić information content (AvgIpc) is 2.31. The van der Waals surface area contributed by atoms with Crippen molar-refractivity contribution in [1.29, 1.82) is 0 Å². The van der Waals surface area contributed by atoms with Crippen LogP contribution in [0, 0.1) is 0 Å². The van der Waals surface area contributed by atoms with E-state index >= 15 is 0 Å². The van der Waals surface area contributed by atoms with E-state index < -0.39 is 17.5 Å². The molecule has 2 N–H and O–H groups in total. The van der Waals surface area contributed by atoms with Gasteiger partial charge in [-0.15, -0.1) is 0 Å². The van der Waals surface area contributed by atoms with Crippen molar-refractivity contribution in [3.8, 4) is 0 Å². The minimum Gasteiger partial charge on any atom is -0.467 e. The second kappa shape index (κ2) is 6.12. The Morgan fingerprint density at radius 1 is 1.26 bits per heavy atom. The van der Waals surface area contributed by atoms with Crippen molar-refractivity contribution in [1.82, 2.24) is 5.32 Å². The van der Waals surface area contributed by atoms with E-state index in [4.69, 9.17) is 23.2 Å². The van der Waals surface area contributed by atoms with Gasteiger partial charge in [-0.05, 0) is 32.0 Å². The van der Waals surface area contributed by atoms with E-state index in [1.807, 2.05) is 0 Å². The molecule has 0 atom stereocenters. The first-order valence-corrected chi connectivity index (χ1v) is 6.14. The quantitative estimate of drug-likeness (QED) is 0.843. The maximum Gasteiger partial charge on any atom is 0.331 e. The first-order chi connectivity index (χ1) is 8.76. The van der Waals surface area contributed by atoms with Gasteiger partial charge in [0, 0.05) is 5.02 Å². The summed E-state index contributed by atoms with van der Waals surface area (Å²) in [6, 6.07) is 4.09. The van der Waals surface area contributed by atoms with Crippen molar-refractivity contribution in [3.05, 3.63) is 28.2 Å². The summed E-state index contributed by atoms with van der Waals surface area (Å²) in [6.07, 6.45) is 0. The highest BCUT2D eigenvalue weighted by atomic mass is 35.5. The van der Waals surface area contributed by atoms with E-state index in [1.54, 1.807) is 12.1 Å². The zero-order chi connectivity index (χ0) is 14.6. The molecule has 0 aliphatic carbocycles. The van der Waals surface area contributed by atoms with Crippen LogP contribution < -0.4 is 10.6 Å². The smallest absolute Gasteiger partial charge is 0.331 e. The van der Waals surface area contributed by atoms with Crippen LogP contribution in [0.1, 0.15) is 13.8 Å². The number of carbonyl (C=O) groups is 2. The topological polar surface area (TPSA) is 67.4 Å². The highest BCUT2D eigenvalue weighted by molar-refractivity contribution is 6.36. The number of urea groups is 1. The van der Waals surface area contributed by atoms with Gasteiger partial charge in [-0.25, -0.2) is 9.59 Å². The van der Waals surface area contributed by atoms with Crippen molar-refractivity contribution < 1.29 is 14.3 Å². The number of rotatable bonds is 3. The first kappa shape index (κ1) is 15.6. The summed E-state index contributed by atoms with van der Waals surface area (Å²) in [6.45, 7) is 3.06. The lowest BCUT2D eigenvalue weighted by Crippen LogP contribution is -2.51. The number of anilines is 1. The van der Waals surface area contributed by atoms with Gasteiger partial charge in [-0.2, -0.15) is 0 Å². The molecule has 2 amide bonds. The second-order valence-corrected chi connectivity index (χ2v) is 5.16. The Morgan fingerprint density at radius 3 is 2.42 bits per heavy atom. The fourth-order valence-electron chi connectivity index (χ4n) is 1.33. The van der Waals surface area contributed by atoms with Crippen LogP contribution in [-0.4, -0.2) is 24.6 Å². The van der Waals surface area contributed by atoms with Gasteiger partial charge in [0.25, 0.3) is 0 Å². The first-order valence-electron chi connectivity index (χ1n) is 5.39. The maximum atomic E-state index is 11.8. The molecule has 7 heteroatoms. The average molecular weight is 305 g/mol. The molecule has 0 aliphatic rings. The number of benzene rings is 1. The molecule has 1 aromatic carbocycles. The Kier molecular flexibility index (Phi) is 5.03. The minimum absolute atomic E-state index is 0.304. The van der Waals surface area contributed by atoms with E-state index in [0.29, 0.717) is 15.7 Å². The van der Waals surface area contributed by atoms with E-state index in [1.165, 1.54) is 27.0 Å². The molecule has 104 valence electrons. The molecule has 0 unspecified atom stereocenters. The van der Waals surface area contributed by atoms with Crippen LogP contribution in [-0.2, 0) is 9.53 Å². The van der Waals surface area contributed by atoms with Crippen molar-refractivity contribution in [2.24, 2.45) is 0 Å². The van der Waals surface area contributed by atoms with Crippen LogP contribution in [0.4, 0.5) is 10.5 Å². The number of ether oxygens (including phenoxy) is 1. The summed E-state index contributed by atoms with van der Waals surface area (Å²) >= 11 is 11.7. The van der Waals surface area contributed by atoms with Crippen LogP contribution in [0.25, 0.3) is 0 Å². The Morgan fingerprint density at radius 2 is 1.89 bits per heavy atom. The number of esters is 1. The monoisotopic (exact) mass is 304 g/mol. The number of carbonyl (C=O) groups excluding carboxylic acids is 2. The van der Waals surface area contributed by atoms with Crippen molar-refractivity contribution in [3.63, 3.8) is 0 Å². The third-order valence-electron chi connectivity index (χ3n) is 2.30. The molecule has 0 fully saturated rings. The number of hydrogen-bond donors (Lipinski definition) is 2. The third kappa shape index (κ3) is 4.29. The Bertz CT molecular complexity index is 504. The van der Waals surface area contributed by atoms with Crippen LogP contribution in [0.5, 0.6) is 0 Å². The standard InChI is InChI=1S/C12H14Cl2N2O3/c1-12(2,10(17)19-3)16-11(18)15-9-5-4-7(13)6-8(9)14/h4-6H,1-3H3,(H2,15,16,18). The molecule has 0 radical (unpaired) electrons. The normalized spacial score (nSPS) is 10.8. The van der Waals surface area contributed by atoms with Crippen LogP contribution in [0.15, 0.2) is 18.2 Å². The highest BCUT2D eigenvalue weighted by Gasteiger charge is 2.30. The predicted molar refractivity (Wildman–Crippen MR) is 74.7 cm³/mol. The lowest BCUT2D eigenvalue weighted by atomic mass is 10.1. The number of methoxy groups -OCH3 is 1. The van der Waals surface area contributed by atoms with Gasteiger partial charge >= 0.3 is 12.0 Å². The summed E-state index contributed by atoms with van der Waals surface area (Å²) in [5.74, 6) is -0.551. The molecule has 19 heavy (non-hydrogen) atoms. The van der Waals surface area contributed by atoms with E-state index in [2.05, 4.69) is 15.4 Å². The van der Waals surface area contributed by atoms with Gasteiger partial charge in [-0.1, -0.05) is 23.2 Å². The zero-order valence-electron chi connectivity index (χ0n) is 10.7. The maximum absolute atomic E-state index is 11.8. The van der Waals surface area contributed by atoms with Crippen LogP contribution in [0.3, 0.4) is 0 Å². The fraction of sp³-hybridized carbons (Fsp3) is 0.333. The van der Waals surface area contributed by atoms with Crippen LogP contribution in [0.2, 0.25) is 10.0 Å². The molecule has 0 aromatic heterocycles. The second-order valence-electron chi connectivity index (χ2n) is 4.32. The largest absolute Gasteiger partial charge is 0.467 e. The lowest BCUT2D eigenvalue weighted by molar-refractivity contribution is -0.146. The van der Waals surface area contributed by atoms with Gasteiger partial charge < -0.3 is 15.4 Å². The van der Waals surface area contributed by atoms with Gasteiger partial charge in [0.2, 0.25) is 0 Å². The fourth-order valence-corrected chi connectivity index (χ4v) is 1.79. The SMILES string of the molecule is COC(=O)C(C)(C)NC(=O)Nc1ccc(Cl)cc1Cl. The number of amides is 2. The molecule has 0 saturated heterocycles. The lowest BCUT2D eigenvalue weighted by Gasteiger charge is -2.23. The summed E-state index contributed by atoms with van der Waals surface area (Å²) in [4.78, 5) is 23.2. The molecule has 0 bridgehead atoms. The predicted octanol–water partition coefficient (Wildman–Crippen LogP) is 3.07. The molecule has 0 heterocycles. The zero-order valence-corrected chi connectivity index (χ0v) is 12.2. The summed E-state index contributed by atoms with van der Waals surface area (Å²) in [5.41, 5.74) is -0.748. The Balaban J connectivity index is 2.73. The Hall–Kier alpha value is -1.46. The van der Waals surface area contributed by atoms with Crippen molar-refractivity contribution in [2.75, 3.05) is 12.4 Å². The number of nitrogens with one attached hydrogen (secondary N) is 2. The molecule has 5 nitrogen and oxygen atoms in total. The molecule has 0 aliphatic heterocycles. The highest BCUT2D eigenvalue weighted by Crippen LogP contribution is 2.25. The molecule has 0 saturated carbocycles. The molecule has 0 spiro atoms. The van der Waals surface area contributed by atoms with Gasteiger partial charge in [0.15, 0.2) is 0 Å². The van der Waals surface area contributed by atoms with Gasteiger partial charge in [-0.3, -0.25) is 0 Å². The van der Waals surface area contributed by atoms with Crippen molar-refractivity contribution >= 4 is 40.9 Å². The van der Waals surface area contributed by atoms with Crippen LogP contribution >= 0.6 is 23.2 Å². The number of halogens is 2. The van der Waals surface area contributed by atoms with E-state index in [0.717, 1.165) is 0 Å². The Labute approximate surface area is 121 Å². The van der Waals surface area contributed by atoms with Crippen molar-refractivity contribution in [2.45, 2.75) is 19.4 Å². The number of hydrogen-bond acceptors (Lipinski definition) is 3. The van der Waals surface area contributed by atoms with E-state index in [-0.39, 0.29) is 0 Å². The summed E-state index contributed by atoms with van der Waals surface area (Å²) < 4.78 is 4.58. The third-order valence-corrected chi connectivity index (χ3v) is 2.85.